The lowest BCUT2D eigenvalue weighted by atomic mass is 10.0. The standard InChI is InChI=1S/C17H27F7O2S/c1-11(2)9-13(14(25)26-10-12(3)4)27-8-6-5-7-15(18,19)16(20,21)17(22,23)24/h11-13H,5-10H2,1-4H3. The van der Waals surface area contributed by atoms with E-state index < -0.39 is 42.1 Å². The van der Waals surface area contributed by atoms with E-state index in [1.165, 1.54) is 0 Å². The Hall–Kier alpha value is -0.670. The van der Waals surface area contributed by atoms with E-state index in [2.05, 4.69) is 0 Å². The average Bonchev–Trinajstić information content (AvgIpc) is 2.49. The average molecular weight is 428 g/mol. The van der Waals surface area contributed by atoms with Gasteiger partial charge in [-0.2, -0.15) is 30.7 Å². The Labute approximate surface area is 159 Å². The number of hydrogen-bond acceptors (Lipinski definition) is 3. The van der Waals surface area contributed by atoms with Gasteiger partial charge in [-0.25, -0.2) is 0 Å². The maximum absolute atomic E-state index is 13.2. The molecule has 1 atom stereocenters. The summed E-state index contributed by atoms with van der Waals surface area (Å²) in [6.07, 6.45) is -7.91. The van der Waals surface area contributed by atoms with Crippen LogP contribution in [0.3, 0.4) is 0 Å². The van der Waals surface area contributed by atoms with Gasteiger partial charge >= 0.3 is 24.0 Å². The van der Waals surface area contributed by atoms with Gasteiger partial charge in [0.15, 0.2) is 0 Å². The molecule has 0 N–H and O–H groups in total. The van der Waals surface area contributed by atoms with E-state index in [0.717, 1.165) is 11.8 Å². The molecule has 0 rings (SSSR count). The summed E-state index contributed by atoms with van der Waals surface area (Å²) in [5, 5.41) is -0.527. The van der Waals surface area contributed by atoms with Crippen molar-refractivity contribution in [3.63, 3.8) is 0 Å². The van der Waals surface area contributed by atoms with E-state index in [0.29, 0.717) is 6.42 Å². The Morgan fingerprint density at radius 1 is 0.926 bits per heavy atom. The number of hydrogen-bond donors (Lipinski definition) is 0. The van der Waals surface area contributed by atoms with Gasteiger partial charge in [0.2, 0.25) is 0 Å². The van der Waals surface area contributed by atoms with Crippen LogP contribution in [0, 0.1) is 11.8 Å². The molecule has 0 aliphatic rings. The molecule has 0 saturated carbocycles. The Balaban J connectivity index is 4.50. The van der Waals surface area contributed by atoms with Crippen molar-refractivity contribution in [1.29, 1.82) is 0 Å². The summed E-state index contributed by atoms with van der Waals surface area (Å²) in [5.74, 6) is -11.2. The van der Waals surface area contributed by atoms with Crippen molar-refractivity contribution in [3.8, 4) is 0 Å². The summed E-state index contributed by atoms with van der Waals surface area (Å²) < 4.78 is 93.4. The molecule has 0 amide bonds. The van der Waals surface area contributed by atoms with Crippen molar-refractivity contribution >= 4 is 17.7 Å². The largest absolute Gasteiger partial charge is 0.465 e. The molecular formula is C17H27F7O2S. The van der Waals surface area contributed by atoms with E-state index >= 15 is 0 Å². The van der Waals surface area contributed by atoms with E-state index in [-0.39, 0.29) is 30.6 Å². The molecule has 0 aromatic heterocycles. The minimum absolute atomic E-state index is 0.0136. The van der Waals surface area contributed by atoms with E-state index in [1.807, 2.05) is 27.7 Å². The molecule has 0 aromatic carbocycles. The second-order valence-corrected chi connectivity index (χ2v) is 8.56. The summed E-state index contributed by atoms with van der Waals surface area (Å²) >= 11 is 1.14. The highest BCUT2D eigenvalue weighted by Gasteiger charge is 2.72. The number of thioether (sulfide) groups is 1. The quantitative estimate of drug-likeness (QED) is 0.206. The molecule has 0 saturated heterocycles. The lowest BCUT2D eigenvalue weighted by Crippen LogP contribution is -2.51. The third-order valence-electron chi connectivity index (χ3n) is 3.53. The number of carbonyl (C=O) groups excluding carboxylic acids is 1. The van der Waals surface area contributed by atoms with Gasteiger partial charge in [-0.15, -0.1) is 11.8 Å². The number of alkyl halides is 7. The van der Waals surface area contributed by atoms with Crippen LogP contribution in [0.15, 0.2) is 0 Å². The Morgan fingerprint density at radius 2 is 1.48 bits per heavy atom. The second kappa shape index (κ2) is 10.8. The lowest BCUT2D eigenvalue weighted by Gasteiger charge is -2.28. The van der Waals surface area contributed by atoms with Crippen LogP contribution in [0.25, 0.3) is 0 Å². The Morgan fingerprint density at radius 3 is 1.93 bits per heavy atom. The second-order valence-electron chi connectivity index (χ2n) is 7.25. The summed E-state index contributed by atoms with van der Waals surface area (Å²) in [6.45, 7) is 7.77. The van der Waals surface area contributed by atoms with E-state index in [1.54, 1.807) is 0 Å². The predicted octanol–water partition coefficient (Wildman–Crippen LogP) is 6.34. The molecule has 0 aromatic rings. The van der Waals surface area contributed by atoms with Crippen LogP contribution in [0.5, 0.6) is 0 Å². The predicted molar refractivity (Wildman–Crippen MR) is 91.3 cm³/mol. The van der Waals surface area contributed by atoms with Crippen LogP contribution < -0.4 is 0 Å². The fourth-order valence-electron chi connectivity index (χ4n) is 2.04. The van der Waals surface area contributed by atoms with Crippen molar-refractivity contribution in [2.24, 2.45) is 11.8 Å². The smallest absolute Gasteiger partial charge is 0.459 e. The van der Waals surface area contributed by atoms with Crippen LogP contribution in [-0.2, 0) is 9.53 Å². The van der Waals surface area contributed by atoms with Crippen LogP contribution in [0.4, 0.5) is 30.7 Å². The van der Waals surface area contributed by atoms with Crippen LogP contribution in [0.1, 0.15) is 53.4 Å². The van der Waals surface area contributed by atoms with Crippen LogP contribution in [0.2, 0.25) is 0 Å². The van der Waals surface area contributed by atoms with Crippen molar-refractivity contribution < 1.29 is 40.3 Å². The SMILES string of the molecule is CC(C)COC(=O)C(CC(C)C)SCCCCC(F)(F)C(F)(F)C(F)(F)F. The van der Waals surface area contributed by atoms with Crippen molar-refractivity contribution in [1.82, 2.24) is 0 Å². The minimum atomic E-state index is -6.30. The highest BCUT2D eigenvalue weighted by molar-refractivity contribution is 8.00. The molecule has 0 spiro atoms. The van der Waals surface area contributed by atoms with Crippen molar-refractivity contribution in [3.05, 3.63) is 0 Å². The first-order valence-electron chi connectivity index (χ1n) is 8.72. The molecule has 162 valence electrons. The number of esters is 1. The van der Waals surface area contributed by atoms with E-state index in [9.17, 15) is 35.5 Å². The maximum atomic E-state index is 13.2. The molecule has 0 radical (unpaired) electrons. The van der Waals surface area contributed by atoms with Gasteiger partial charge in [-0.3, -0.25) is 4.79 Å². The monoisotopic (exact) mass is 428 g/mol. The van der Waals surface area contributed by atoms with Crippen molar-refractivity contribution in [2.75, 3.05) is 12.4 Å². The zero-order valence-electron chi connectivity index (χ0n) is 15.8. The highest BCUT2D eigenvalue weighted by atomic mass is 32.2. The molecule has 10 heteroatoms. The Kier molecular flexibility index (Phi) is 10.5. The normalized spacial score (nSPS) is 14.7. The molecule has 0 heterocycles. The van der Waals surface area contributed by atoms with Gasteiger partial charge < -0.3 is 4.74 Å². The highest BCUT2D eigenvalue weighted by Crippen LogP contribution is 2.48. The van der Waals surface area contributed by atoms with Gasteiger partial charge in [0, 0.05) is 6.42 Å². The number of halogens is 7. The van der Waals surface area contributed by atoms with Gasteiger partial charge in [-0.1, -0.05) is 27.7 Å². The maximum Gasteiger partial charge on any atom is 0.459 e. The molecule has 27 heavy (non-hydrogen) atoms. The third kappa shape index (κ3) is 8.91. The fourth-order valence-corrected chi connectivity index (χ4v) is 3.42. The number of rotatable bonds is 12. The van der Waals surface area contributed by atoms with Crippen LogP contribution in [-0.4, -0.2) is 41.6 Å². The van der Waals surface area contributed by atoms with Crippen LogP contribution >= 0.6 is 11.8 Å². The molecular weight excluding hydrogens is 401 g/mol. The first-order valence-corrected chi connectivity index (χ1v) is 9.77. The minimum Gasteiger partial charge on any atom is -0.465 e. The van der Waals surface area contributed by atoms with E-state index in [4.69, 9.17) is 4.74 Å². The first kappa shape index (κ1) is 26.3. The first-order chi connectivity index (χ1) is 12.1. The van der Waals surface area contributed by atoms with Gasteiger partial charge in [0.1, 0.15) is 5.25 Å². The zero-order chi connectivity index (χ0) is 21.5. The third-order valence-corrected chi connectivity index (χ3v) is 4.84. The van der Waals surface area contributed by atoms with Gasteiger partial charge in [-0.05, 0) is 36.9 Å². The van der Waals surface area contributed by atoms with Gasteiger partial charge in [0.25, 0.3) is 0 Å². The summed E-state index contributed by atoms with van der Waals surface area (Å²) in [6, 6.07) is 0. The molecule has 0 fully saturated rings. The molecule has 2 nitrogen and oxygen atoms in total. The molecule has 0 aliphatic carbocycles. The summed E-state index contributed by atoms with van der Waals surface area (Å²) in [4.78, 5) is 12.1. The summed E-state index contributed by atoms with van der Waals surface area (Å²) in [7, 11) is 0. The topological polar surface area (TPSA) is 26.3 Å². The molecule has 0 aliphatic heterocycles. The molecule has 1 unspecified atom stereocenters. The number of ether oxygens (including phenoxy) is 1. The van der Waals surface area contributed by atoms with Crippen molar-refractivity contribution in [2.45, 2.75) is 76.6 Å². The zero-order valence-corrected chi connectivity index (χ0v) is 16.7. The van der Waals surface area contributed by atoms with Gasteiger partial charge in [0.05, 0.1) is 6.61 Å². The lowest BCUT2D eigenvalue weighted by molar-refractivity contribution is -0.355. The summed E-state index contributed by atoms with van der Waals surface area (Å²) in [5.41, 5.74) is 0. The molecule has 0 bridgehead atoms. The Bertz CT molecular complexity index is 451. The fraction of sp³-hybridized carbons (Fsp3) is 0.941. The number of carbonyl (C=O) groups is 1. The number of unbranched alkanes of at least 4 members (excludes halogenated alkanes) is 1.